The zero-order chi connectivity index (χ0) is 19.9. The highest BCUT2D eigenvalue weighted by molar-refractivity contribution is 5.93. The highest BCUT2D eigenvalue weighted by Crippen LogP contribution is 2.17. The second-order valence-electron chi connectivity index (χ2n) is 7.50. The summed E-state index contributed by atoms with van der Waals surface area (Å²) in [5.74, 6) is 1.49. The Balaban J connectivity index is 1.50. The van der Waals surface area contributed by atoms with Crippen LogP contribution in [-0.4, -0.2) is 58.6 Å². The van der Waals surface area contributed by atoms with Crippen LogP contribution in [0.5, 0.6) is 5.75 Å². The average Bonchev–Trinajstić information content (AvgIpc) is 3.09. The lowest BCUT2D eigenvalue weighted by Crippen LogP contribution is -2.35. The van der Waals surface area contributed by atoms with Gasteiger partial charge in [0.1, 0.15) is 5.75 Å². The van der Waals surface area contributed by atoms with Gasteiger partial charge >= 0.3 is 0 Å². The number of benzene rings is 1. The molecule has 0 saturated carbocycles. The molecule has 7 heteroatoms. The Morgan fingerprint density at radius 2 is 1.96 bits per heavy atom. The van der Waals surface area contributed by atoms with Crippen LogP contribution in [0, 0.1) is 12.8 Å². The molecule has 0 spiro atoms. The quantitative estimate of drug-likeness (QED) is 0.708. The van der Waals surface area contributed by atoms with Crippen LogP contribution in [0.4, 0.5) is 0 Å². The maximum atomic E-state index is 12.5. The van der Waals surface area contributed by atoms with E-state index in [-0.39, 0.29) is 5.91 Å². The first-order chi connectivity index (χ1) is 13.6. The molecule has 152 valence electrons. The zero-order valence-electron chi connectivity index (χ0n) is 17.1. The molecule has 1 aliphatic heterocycles. The highest BCUT2D eigenvalue weighted by atomic mass is 16.5. The van der Waals surface area contributed by atoms with Crippen molar-refractivity contribution in [3.05, 3.63) is 35.7 Å². The molecule has 0 radical (unpaired) electrons. The molecule has 2 aromatic rings. The van der Waals surface area contributed by atoms with Crippen molar-refractivity contribution in [2.45, 2.75) is 40.0 Å². The van der Waals surface area contributed by atoms with E-state index in [1.165, 1.54) is 25.9 Å². The Labute approximate surface area is 167 Å². The third-order valence-electron chi connectivity index (χ3n) is 5.31. The maximum absolute atomic E-state index is 12.5. The Hall–Kier alpha value is -2.41. The van der Waals surface area contributed by atoms with Crippen molar-refractivity contribution in [3.8, 4) is 11.4 Å². The molecular weight excluding hydrogens is 354 g/mol. The molecule has 3 rings (SSSR count). The van der Waals surface area contributed by atoms with Crippen LogP contribution in [0.25, 0.3) is 5.69 Å². The predicted molar refractivity (Wildman–Crippen MR) is 109 cm³/mol. The Bertz CT molecular complexity index is 764. The molecule has 0 atom stereocenters. The molecule has 28 heavy (non-hydrogen) atoms. The van der Waals surface area contributed by atoms with Gasteiger partial charge in [0.15, 0.2) is 5.69 Å². The first-order valence-corrected chi connectivity index (χ1v) is 10.2. The third-order valence-corrected chi connectivity index (χ3v) is 5.31. The van der Waals surface area contributed by atoms with E-state index < -0.39 is 0 Å². The van der Waals surface area contributed by atoms with Crippen molar-refractivity contribution in [1.82, 2.24) is 25.2 Å². The fraction of sp³-hybridized carbons (Fsp3) is 0.571. The number of carbonyl (C=O) groups excluding carboxylic acids is 1. The van der Waals surface area contributed by atoms with Crippen molar-refractivity contribution in [2.24, 2.45) is 5.92 Å². The van der Waals surface area contributed by atoms with Gasteiger partial charge in [-0.25, -0.2) is 4.68 Å². The molecule has 2 heterocycles. The number of aromatic nitrogens is 3. The van der Waals surface area contributed by atoms with E-state index in [0.29, 0.717) is 18.8 Å². The number of nitrogens with zero attached hydrogens (tertiary/aromatic N) is 4. The molecule has 1 aromatic carbocycles. The van der Waals surface area contributed by atoms with E-state index in [1.54, 1.807) is 4.68 Å². The van der Waals surface area contributed by atoms with Crippen LogP contribution in [0.2, 0.25) is 0 Å². The predicted octanol–water partition coefficient (Wildman–Crippen LogP) is 2.83. The van der Waals surface area contributed by atoms with Gasteiger partial charge in [0.2, 0.25) is 0 Å². The maximum Gasteiger partial charge on any atom is 0.273 e. The fourth-order valence-corrected chi connectivity index (χ4v) is 3.51. The van der Waals surface area contributed by atoms with Crippen LogP contribution in [0.3, 0.4) is 0 Å². The summed E-state index contributed by atoms with van der Waals surface area (Å²) in [5, 5.41) is 11.2. The van der Waals surface area contributed by atoms with Crippen molar-refractivity contribution >= 4 is 5.91 Å². The summed E-state index contributed by atoms with van der Waals surface area (Å²) < 4.78 is 7.14. The van der Waals surface area contributed by atoms with E-state index in [2.05, 4.69) is 27.5 Å². The molecule has 7 nitrogen and oxygen atoms in total. The van der Waals surface area contributed by atoms with E-state index >= 15 is 0 Å². The van der Waals surface area contributed by atoms with Gasteiger partial charge in [0.25, 0.3) is 5.91 Å². The van der Waals surface area contributed by atoms with Gasteiger partial charge in [-0.3, -0.25) is 4.79 Å². The summed E-state index contributed by atoms with van der Waals surface area (Å²) in [4.78, 5) is 15.0. The summed E-state index contributed by atoms with van der Waals surface area (Å²) >= 11 is 0. The van der Waals surface area contributed by atoms with Crippen molar-refractivity contribution in [3.63, 3.8) is 0 Å². The molecular formula is C21H31N5O2. The number of hydrogen-bond donors (Lipinski definition) is 1. The number of amides is 1. The number of ether oxygens (including phenoxy) is 1. The number of nitrogens with one attached hydrogen (secondary N) is 1. The van der Waals surface area contributed by atoms with E-state index in [4.69, 9.17) is 4.74 Å². The van der Waals surface area contributed by atoms with Crippen LogP contribution >= 0.6 is 0 Å². The Kier molecular flexibility index (Phi) is 7.03. The lowest BCUT2D eigenvalue weighted by molar-refractivity contribution is 0.0945. The standard InChI is InChI=1S/C21H31N5O2/c1-4-28-19-8-6-18(7-9-19)26-17(3)20(23-24-26)21(27)22-12-5-13-25-14-10-16(2)11-15-25/h6-9,16H,4-5,10-15H2,1-3H3,(H,22,27). The van der Waals surface area contributed by atoms with Crippen molar-refractivity contribution in [2.75, 3.05) is 32.8 Å². The van der Waals surface area contributed by atoms with E-state index in [0.717, 1.165) is 36.0 Å². The van der Waals surface area contributed by atoms with Crippen LogP contribution in [0.1, 0.15) is 49.3 Å². The van der Waals surface area contributed by atoms with Gasteiger partial charge < -0.3 is 15.0 Å². The number of hydrogen-bond acceptors (Lipinski definition) is 5. The van der Waals surface area contributed by atoms with Gasteiger partial charge in [-0.15, -0.1) is 5.10 Å². The summed E-state index contributed by atoms with van der Waals surface area (Å²) in [5.41, 5.74) is 1.96. The summed E-state index contributed by atoms with van der Waals surface area (Å²) in [7, 11) is 0. The summed E-state index contributed by atoms with van der Waals surface area (Å²) in [6, 6.07) is 7.60. The normalized spacial score (nSPS) is 15.5. The zero-order valence-corrected chi connectivity index (χ0v) is 17.1. The molecule has 1 aromatic heterocycles. The summed E-state index contributed by atoms with van der Waals surface area (Å²) in [6.07, 6.45) is 3.51. The lowest BCUT2D eigenvalue weighted by Gasteiger charge is -2.30. The highest BCUT2D eigenvalue weighted by Gasteiger charge is 2.18. The van der Waals surface area contributed by atoms with Gasteiger partial charge in [0.05, 0.1) is 18.0 Å². The van der Waals surface area contributed by atoms with Crippen LogP contribution < -0.4 is 10.1 Å². The number of rotatable bonds is 8. The molecule has 1 saturated heterocycles. The minimum atomic E-state index is -0.165. The van der Waals surface area contributed by atoms with E-state index in [1.807, 2.05) is 38.1 Å². The third kappa shape index (κ3) is 5.10. The Morgan fingerprint density at radius 1 is 1.25 bits per heavy atom. The molecule has 1 aliphatic rings. The first-order valence-electron chi connectivity index (χ1n) is 10.2. The number of carbonyl (C=O) groups is 1. The molecule has 1 amide bonds. The van der Waals surface area contributed by atoms with Crippen LogP contribution in [0.15, 0.2) is 24.3 Å². The minimum absolute atomic E-state index is 0.165. The minimum Gasteiger partial charge on any atom is -0.494 e. The molecule has 0 bridgehead atoms. The van der Waals surface area contributed by atoms with Gasteiger partial charge in [0, 0.05) is 6.54 Å². The smallest absolute Gasteiger partial charge is 0.273 e. The van der Waals surface area contributed by atoms with Gasteiger partial charge in [-0.2, -0.15) is 0 Å². The second kappa shape index (κ2) is 9.68. The van der Waals surface area contributed by atoms with Crippen LogP contribution in [-0.2, 0) is 0 Å². The molecule has 0 aliphatic carbocycles. The fourth-order valence-electron chi connectivity index (χ4n) is 3.51. The summed E-state index contributed by atoms with van der Waals surface area (Å²) in [6.45, 7) is 10.8. The number of likely N-dealkylation sites (tertiary alicyclic amines) is 1. The largest absolute Gasteiger partial charge is 0.494 e. The first kappa shape index (κ1) is 20.3. The molecule has 1 N–H and O–H groups in total. The molecule has 0 unspecified atom stereocenters. The van der Waals surface area contributed by atoms with Crippen molar-refractivity contribution in [1.29, 1.82) is 0 Å². The monoisotopic (exact) mass is 385 g/mol. The van der Waals surface area contributed by atoms with Crippen molar-refractivity contribution < 1.29 is 9.53 Å². The second-order valence-corrected chi connectivity index (χ2v) is 7.50. The average molecular weight is 386 g/mol. The topological polar surface area (TPSA) is 72.3 Å². The Morgan fingerprint density at radius 3 is 2.64 bits per heavy atom. The van der Waals surface area contributed by atoms with E-state index in [9.17, 15) is 4.79 Å². The lowest BCUT2D eigenvalue weighted by atomic mass is 9.99. The number of piperidine rings is 1. The SMILES string of the molecule is CCOc1ccc(-n2nnc(C(=O)NCCCN3CCC(C)CC3)c2C)cc1. The van der Waals surface area contributed by atoms with Gasteiger partial charge in [-0.1, -0.05) is 12.1 Å². The molecule has 1 fully saturated rings. The van der Waals surface area contributed by atoms with Gasteiger partial charge in [-0.05, 0) is 82.9 Å².